The van der Waals surface area contributed by atoms with E-state index in [4.69, 9.17) is 9.84 Å². The first kappa shape index (κ1) is 18.8. The van der Waals surface area contributed by atoms with E-state index in [0.29, 0.717) is 30.9 Å². The first-order valence-corrected chi connectivity index (χ1v) is 8.88. The number of carbonyl (C=O) groups is 1. The Morgan fingerprint density at radius 1 is 1.30 bits per heavy atom. The Bertz CT molecular complexity index is 952. The van der Waals surface area contributed by atoms with Gasteiger partial charge in [-0.2, -0.15) is 5.10 Å². The van der Waals surface area contributed by atoms with E-state index in [9.17, 15) is 4.79 Å². The molecular weight excluding hydrogens is 344 g/mol. The molecule has 0 spiro atoms. The van der Waals surface area contributed by atoms with Gasteiger partial charge in [-0.25, -0.2) is 9.50 Å². The molecular formula is C20H24N4O3. The number of hydrogen-bond donors (Lipinski definition) is 1. The number of hydrogen-bond acceptors (Lipinski definition) is 5. The molecule has 1 N–H and O–H groups in total. The standard InChI is InChI=1S/C20H24N4O3/c1-14-4-5-15(2)18(10-14)27-9-7-23(3)20(26)17-11-19-21-12-16(6-8-25)13-24(19)22-17/h4-5,10-13,25H,6-9H2,1-3H3. The molecule has 3 rings (SSSR count). The minimum absolute atomic E-state index is 0.0450. The SMILES string of the molecule is Cc1ccc(C)c(OCCN(C)C(=O)c2cc3ncc(CCO)cn3n2)c1. The third kappa shape index (κ3) is 4.43. The first-order valence-electron chi connectivity index (χ1n) is 8.88. The van der Waals surface area contributed by atoms with Crippen LogP contribution in [0.3, 0.4) is 0 Å². The lowest BCUT2D eigenvalue weighted by Crippen LogP contribution is -2.31. The van der Waals surface area contributed by atoms with Crippen LogP contribution in [-0.2, 0) is 6.42 Å². The second kappa shape index (κ2) is 8.18. The molecule has 1 aromatic carbocycles. The van der Waals surface area contributed by atoms with Crippen LogP contribution in [0.25, 0.3) is 5.65 Å². The van der Waals surface area contributed by atoms with Crippen molar-refractivity contribution >= 4 is 11.6 Å². The third-order valence-electron chi connectivity index (χ3n) is 4.36. The van der Waals surface area contributed by atoms with Crippen LogP contribution in [-0.4, -0.2) is 57.3 Å². The summed E-state index contributed by atoms with van der Waals surface area (Å²) in [5, 5.41) is 13.3. The summed E-state index contributed by atoms with van der Waals surface area (Å²) in [5.41, 5.74) is 4.00. The van der Waals surface area contributed by atoms with Crippen LogP contribution in [0.15, 0.2) is 36.7 Å². The van der Waals surface area contributed by atoms with Gasteiger partial charge in [0.2, 0.25) is 0 Å². The van der Waals surface area contributed by atoms with Crippen molar-refractivity contribution in [1.82, 2.24) is 19.5 Å². The number of nitrogens with zero attached hydrogens (tertiary/aromatic N) is 4. The zero-order valence-electron chi connectivity index (χ0n) is 15.8. The second-order valence-electron chi connectivity index (χ2n) is 6.61. The Hall–Kier alpha value is -2.93. The van der Waals surface area contributed by atoms with E-state index in [1.807, 2.05) is 32.0 Å². The molecule has 7 heteroatoms. The van der Waals surface area contributed by atoms with Crippen molar-refractivity contribution in [3.8, 4) is 5.75 Å². The summed E-state index contributed by atoms with van der Waals surface area (Å²) in [4.78, 5) is 18.5. The molecule has 142 valence electrons. The molecule has 0 saturated heterocycles. The van der Waals surface area contributed by atoms with Crippen molar-refractivity contribution in [2.45, 2.75) is 20.3 Å². The van der Waals surface area contributed by atoms with E-state index in [1.165, 1.54) is 0 Å². The molecule has 3 aromatic rings. The minimum atomic E-state index is -0.186. The highest BCUT2D eigenvalue weighted by atomic mass is 16.5. The third-order valence-corrected chi connectivity index (χ3v) is 4.36. The molecule has 27 heavy (non-hydrogen) atoms. The van der Waals surface area contributed by atoms with E-state index < -0.39 is 0 Å². The molecule has 0 saturated carbocycles. The largest absolute Gasteiger partial charge is 0.491 e. The molecule has 1 amide bonds. The van der Waals surface area contributed by atoms with Gasteiger partial charge >= 0.3 is 0 Å². The molecule has 0 radical (unpaired) electrons. The summed E-state index contributed by atoms with van der Waals surface area (Å²) in [5.74, 6) is 0.651. The Kier molecular flexibility index (Phi) is 5.71. The van der Waals surface area contributed by atoms with Gasteiger partial charge in [0.1, 0.15) is 12.4 Å². The fourth-order valence-electron chi connectivity index (χ4n) is 2.73. The number of ether oxygens (including phenoxy) is 1. The molecule has 0 bridgehead atoms. The zero-order chi connectivity index (χ0) is 19.4. The van der Waals surface area contributed by atoms with Gasteiger partial charge in [0, 0.05) is 32.1 Å². The topological polar surface area (TPSA) is 80.0 Å². The number of amides is 1. The predicted molar refractivity (Wildman–Crippen MR) is 102 cm³/mol. The van der Waals surface area contributed by atoms with E-state index in [-0.39, 0.29) is 12.5 Å². The number of rotatable bonds is 7. The van der Waals surface area contributed by atoms with Crippen LogP contribution in [0.1, 0.15) is 27.2 Å². The molecule has 2 aromatic heterocycles. The van der Waals surface area contributed by atoms with Crippen LogP contribution in [0.2, 0.25) is 0 Å². The number of likely N-dealkylation sites (N-methyl/N-ethyl adjacent to an activating group) is 1. The van der Waals surface area contributed by atoms with Gasteiger partial charge in [-0.1, -0.05) is 12.1 Å². The molecule has 0 atom stereocenters. The van der Waals surface area contributed by atoms with Gasteiger partial charge in [-0.05, 0) is 43.0 Å². The predicted octanol–water partition coefficient (Wildman–Crippen LogP) is 2.03. The van der Waals surface area contributed by atoms with Gasteiger partial charge in [-0.3, -0.25) is 4.79 Å². The number of aliphatic hydroxyl groups is 1. The maximum atomic E-state index is 12.6. The minimum Gasteiger partial charge on any atom is -0.491 e. The number of carbonyl (C=O) groups excluding carboxylic acids is 1. The summed E-state index contributed by atoms with van der Waals surface area (Å²) in [7, 11) is 1.73. The normalized spacial score (nSPS) is 11.0. The van der Waals surface area contributed by atoms with Crippen molar-refractivity contribution in [2.75, 3.05) is 26.8 Å². The van der Waals surface area contributed by atoms with Crippen molar-refractivity contribution in [1.29, 1.82) is 0 Å². The van der Waals surface area contributed by atoms with Crippen LogP contribution >= 0.6 is 0 Å². The van der Waals surface area contributed by atoms with Gasteiger partial charge in [-0.15, -0.1) is 0 Å². The van der Waals surface area contributed by atoms with Gasteiger partial charge < -0.3 is 14.7 Å². The van der Waals surface area contributed by atoms with Crippen LogP contribution < -0.4 is 4.74 Å². The Morgan fingerprint density at radius 3 is 2.89 bits per heavy atom. The molecule has 0 fully saturated rings. The van der Waals surface area contributed by atoms with E-state index in [0.717, 1.165) is 22.4 Å². The average Bonchev–Trinajstić information content (AvgIpc) is 3.07. The van der Waals surface area contributed by atoms with Gasteiger partial charge in [0.25, 0.3) is 5.91 Å². The molecule has 0 aliphatic carbocycles. The Morgan fingerprint density at radius 2 is 2.11 bits per heavy atom. The summed E-state index contributed by atoms with van der Waals surface area (Å²) in [6.45, 7) is 4.91. The highest BCUT2D eigenvalue weighted by Crippen LogP contribution is 2.19. The van der Waals surface area contributed by atoms with Gasteiger partial charge in [0.05, 0.1) is 6.54 Å². The fourth-order valence-corrected chi connectivity index (χ4v) is 2.73. The lowest BCUT2D eigenvalue weighted by atomic mass is 10.1. The van der Waals surface area contributed by atoms with Crippen molar-refractivity contribution in [3.63, 3.8) is 0 Å². The summed E-state index contributed by atoms with van der Waals surface area (Å²) < 4.78 is 7.39. The number of benzene rings is 1. The molecule has 0 aliphatic rings. The number of aliphatic hydroxyl groups excluding tert-OH is 1. The zero-order valence-corrected chi connectivity index (χ0v) is 15.8. The average molecular weight is 368 g/mol. The number of aromatic nitrogens is 3. The lowest BCUT2D eigenvalue weighted by molar-refractivity contribution is 0.0767. The summed E-state index contributed by atoms with van der Waals surface area (Å²) in [6, 6.07) is 7.72. The van der Waals surface area contributed by atoms with Gasteiger partial charge in [0.15, 0.2) is 11.3 Å². The van der Waals surface area contributed by atoms with E-state index in [1.54, 1.807) is 34.9 Å². The summed E-state index contributed by atoms with van der Waals surface area (Å²) in [6.07, 6.45) is 3.96. The highest BCUT2D eigenvalue weighted by Gasteiger charge is 2.16. The van der Waals surface area contributed by atoms with Crippen LogP contribution in [0.5, 0.6) is 5.75 Å². The lowest BCUT2D eigenvalue weighted by Gasteiger charge is -2.17. The van der Waals surface area contributed by atoms with Crippen molar-refractivity contribution in [3.05, 3.63) is 59.0 Å². The van der Waals surface area contributed by atoms with E-state index in [2.05, 4.69) is 10.1 Å². The Labute approximate surface area is 158 Å². The summed E-state index contributed by atoms with van der Waals surface area (Å²) >= 11 is 0. The number of fused-ring (bicyclic) bond motifs is 1. The van der Waals surface area contributed by atoms with Crippen LogP contribution in [0.4, 0.5) is 0 Å². The first-order chi connectivity index (χ1) is 13.0. The van der Waals surface area contributed by atoms with Crippen molar-refractivity contribution in [2.24, 2.45) is 0 Å². The maximum Gasteiger partial charge on any atom is 0.274 e. The monoisotopic (exact) mass is 368 g/mol. The fraction of sp³-hybridized carbons (Fsp3) is 0.350. The maximum absolute atomic E-state index is 12.6. The Balaban J connectivity index is 1.63. The second-order valence-corrected chi connectivity index (χ2v) is 6.61. The smallest absolute Gasteiger partial charge is 0.274 e. The van der Waals surface area contributed by atoms with E-state index >= 15 is 0 Å². The molecule has 0 aliphatic heterocycles. The number of aryl methyl sites for hydroxylation is 2. The quantitative estimate of drug-likeness (QED) is 0.690. The molecule has 7 nitrogen and oxygen atoms in total. The molecule has 0 unspecified atom stereocenters. The van der Waals surface area contributed by atoms with Crippen LogP contribution in [0, 0.1) is 13.8 Å². The highest BCUT2D eigenvalue weighted by molar-refractivity contribution is 5.93. The van der Waals surface area contributed by atoms with Crippen molar-refractivity contribution < 1.29 is 14.6 Å². The molecule has 2 heterocycles.